The van der Waals surface area contributed by atoms with Crippen LogP contribution in [0.15, 0.2) is 24.5 Å². The van der Waals surface area contributed by atoms with Gasteiger partial charge in [-0.05, 0) is 25.1 Å². The molecule has 1 atom stereocenters. The first-order chi connectivity index (χ1) is 9.29. The van der Waals surface area contributed by atoms with Gasteiger partial charge in [-0.25, -0.2) is 9.97 Å². The number of alkyl halides is 3. The summed E-state index contributed by atoms with van der Waals surface area (Å²) < 4.78 is 37.8. The number of fused-ring (bicyclic) bond motifs is 1. The van der Waals surface area contributed by atoms with Gasteiger partial charge in [0.15, 0.2) is 0 Å². The first-order valence-electron chi connectivity index (χ1n) is 5.60. The standard InChI is InChI=1S/C12H10F3N3O2.ClH/c1-6(11(19)20)18-10-8-3-2-7(12(13,14)15)4-9(8)16-5-17-10;/h2-6H,1H3,(H,19,20)(H,16,17,18);1H. The number of carboxylic acid groups (broad SMARTS) is 1. The molecule has 1 aromatic carbocycles. The number of nitrogens with one attached hydrogen (secondary N) is 1. The van der Waals surface area contributed by atoms with Crippen LogP contribution in [0.5, 0.6) is 0 Å². The smallest absolute Gasteiger partial charge is 0.416 e. The van der Waals surface area contributed by atoms with Crippen molar-refractivity contribution in [2.75, 3.05) is 5.32 Å². The second-order valence-corrected chi connectivity index (χ2v) is 4.16. The second kappa shape index (κ2) is 6.13. The second-order valence-electron chi connectivity index (χ2n) is 4.16. The molecule has 0 fully saturated rings. The number of aliphatic carboxylic acids is 1. The number of carbonyl (C=O) groups is 1. The highest BCUT2D eigenvalue weighted by Crippen LogP contribution is 2.32. The molecular weight excluding hydrogens is 311 g/mol. The first-order valence-corrected chi connectivity index (χ1v) is 5.60. The van der Waals surface area contributed by atoms with Gasteiger partial charge in [0.2, 0.25) is 0 Å². The molecule has 1 aromatic heterocycles. The van der Waals surface area contributed by atoms with E-state index < -0.39 is 23.8 Å². The Kier molecular flexibility index (Phi) is 4.95. The molecule has 0 bridgehead atoms. The van der Waals surface area contributed by atoms with Gasteiger partial charge in [-0.15, -0.1) is 12.4 Å². The Hall–Kier alpha value is -2.09. The van der Waals surface area contributed by atoms with E-state index in [-0.39, 0.29) is 23.7 Å². The molecule has 0 aliphatic heterocycles. The fourth-order valence-electron chi connectivity index (χ4n) is 1.62. The Morgan fingerprint density at radius 3 is 2.57 bits per heavy atom. The molecule has 114 valence electrons. The van der Waals surface area contributed by atoms with Gasteiger partial charge in [-0.1, -0.05) is 0 Å². The maximum atomic E-state index is 12.6. The van der Waals surface area contributed by atoms with Crippen LogP contribution in [0.1, 0.15) is 12.5 Å². The number of halogens is 4. The van der Waals surface area contributed by atoms with Crippen LogP contribution in [0.4, 0.5) is 19.0 Å². The quantitative estimate of drug-likeness (QED) is 0.909. The zero-order valence-corrected chi connectivity index (χ0v) is 11.5. The molecule has 2 rings (SSSR count). The molecule has 1 heterocycles. The van der Waals surface area contributed by atoms with Crippen molar-refractivity contribution in [3.63, 3.8) is 0 Å². The summed E-state index contributed by atoms with van der Waals surface area (Å²) in [5.74, 6) is -0.915. The molecule has 9 heteroatoms. The minimum Gasteiger partial charge on any atom is -0.480 e. The summed E-state index contributed by atoms with van der Waals surface area (Å²) in [7, 11) is 0. The van der Waals surface area contributed by atoms with Crippen LogP contribution in [0.25, 0.3) is 10.9 Å². The molecule has 0 spiro atoms. The van der Waals surface area contributed by atoms with E-state index in [2.05, 4.69) is 15.3 Å². The highest BCUT2D eigenvalue weighted by molar-refractivity contribution is 5.91. The number of nitrogens with zero attached hydrogens (tertiary/aromatic N) is 2. The maximum Gasteiger partial charge on any atom is 0.416 e. The van der Waals surface area contributed by atoms with Crippen LogP contribution in [-0.2, 0) is 11.0 Å². The highest BCUT2D eigenvalue weighted by Gasteiger charge is 2.30. The van der Waals surface area contributed by atoms with Crippen LogP contribution in [-0.4, -0.2) is 27.1 Å². The summed E-state index contributed by atoms with van der Waals surface area (Å²) in [4.78, 5) is 18.4. The number of rotatable bonds is 3. The normalized spacial score (nSPS) is 12.6. The zero-order valence-electron chi connectivity index (χ0n) is 10.7. The summed E-state index contributed by atoms with van der Waals surface area (Å²) in [6, 6.07) is 2.10. The van der Waals surface area contributed by atoms with E-state index >= 15 is 0 Å². The Labute approximate surface area is 123 Å². The van der Waals surface area contributed by atoms with E-state index in [4.69, 9.17) is 5.11 Å². The van der Waals surface area contributed by atoms with Crippen molar-refractivity contribution in [1.29, 1.82) is 0 Å². The monoisotopic (exact) mass is 321 g/mol. The average Bonchev–Trinajstić information content (AvgIpc) is 2.37. The summed E-state index contributed by atoms with van der Waals surface area (Å²) in [5, 5.41) is 11.7. The molecule has 0 amide bonds. The van der Waals surface area contributed by atoms with Crippen LogP contribution in [0.3, 0.4) is 0 Å². The minimum atomic E-state index is -4.46. The largest absolute Gasteiger partial charge is 0.480 e. The molecular formula is C12H11ClF3N3O2. The summed E-state index contributed by atoms with van der Waals surface area (Å²) in [6.07, 6.45) is -3.37. The van der Waals surface area contributed by atoms with E-state index in [0.717, 1.165) is 18.5 Å². The maximum absolute atomic E-state index is 12.6. The summed E-state index contributed by atoms with van der Waals surface area (Å²) in [5.41, 5.74) is -0.726. The lowest BCUT2D eigenvalue weighted by Crippen LogP contribution is -2.26. The number of benzene rings is 1. The van der Waals surface area contributed by atoms with Gasteiger partial charge < -0.3 is 10.4 Å². The number of carboxylic acids is 1. The molecule has 2 N–H and O–H groups in total. The van der Waals surface area contributed by atoms with Gasteiger partial charge >= 0.3 is 12.1 Å². The van der Waals surface area contributed by atoms with Gasteiger partial charge in [0.05, 0.1) is 11.1 Å². The Morgan fingerprint density at radius 1 is 1.33 bits per heavy atom. The Bertz CT molecular complexity index is 664. The van der Waals surface area contributed by atoms with E-state index in [9.17, 15) is 18.0 Å². The molecule has 0 aliphatic carbocycles. The lowest BCUT2D eigenvalue weighted by atomic mass is 10.1. The van der Waals surface area contributed by atoms with Gasteiger partial charge in [0.1, 0.15) is 18.2 Å². The number of hydrogen-bond donors (Lipinski definition) is 2. The van der Waals surface area contributed by atoms with E-state index in [1.165, 1.54) is 13.0 Å². The predicted molar refractivity (Wildman–Crippen MR) is 72.5 cm³/mol. The third kappa shape index (κ3) is 3.72. The fraction of sp³-hybridized carbons (Fsp3) is 0.250. The molecule has 0 aliphatic rings. The van der Waals surface area contributed by atoms with Crippen LogP contribution < -0.4 is 5.32 Å². The molecule has 1 unspecified atom stereocenters. The van der Waals surface area contributed by atoms with Crippen LogP contribution >= 0.6 is 12.4 Å². The van der Waals surface area contributed by atoms with Crippen molar-refractivity contribution in [1.82, 2.24) is 9.97 Å². The number of anilines is 1. The Balaban J connectivity index is 0.00000220. The van der Waals surface area contributed by atoms with Crippen molar-refractivity contribution in [3.05, 3.63) is 30.1 Å². The Morgan fingerprint density at radius 2 is 2.00 bits per heavy atom. The van der Waals surface area contributed by atoms with Crippen molar-refractivity contribution in [2.24, 2.45) is 0 Å². The topological polar surface area (TPSA) is 75.1 Å². The number of aromatic nitrogens is 2. The van der Waals surface area contributed by atoms with Crippen molar-refractivity contribution in [2.45, 2.75) is 19.1 Å². The van der Waals surface area contributed by atoms with E-state index in [0.29, 0.717) is 5.39 Å². The van der Waals surface area contributed by atoms with Crippen molar-refractivity contribution >= 4 is 35.1 Å². The first kappa shape index (κ1) is 17.0. The van der Waals surface area contributed by atoms with Gasteiger partial charge in [-0.3, -0.25) is 4.79 Å². The van der Waals surface area contributed by atoms with E-state index in [1.54, 1.807) is 0 Å². The highest BCUT2D eigenvalue weighted by atomic mass is 35.5. The van der Waals surface area contributed by atoms with Gasteiger partial charge in [0, 0.05) is 5.39 Å². The fourth-order valence-corrected chi connectivity index (χ4v) is 1.62. The van der Waals surface area contributed by atoms with Crippen molar-refractivity contribution < 1.29 is 23.1 Å². The number of hydrogen-bond acceptors (Lipinski definition) is 4. The van der Waals surface area contributed by atoms with Gasteiger partial charge in [-0.2, -0.15) is 13.2 Å². The summed E-state index contributed by atoms with van der Waals surface area (Å²) in [6.45, 7) is 1.40. The lowest BCUT2D eigenvalue weighted by Gasteiger charge is -2.13. The molecule has 0 radical (unpaired) electrons. The third-order valence-electron chi connectivity index (χ3n) is 2.69. The molecule has 0 saturated heterocycles. The lowest BCUT2D eigenvalue weighted by molar-refractivity contribution is -0.138. The molecule has 0 saturated carbocycles. The van der Waals surface area contributed by atoms with Crippen LogP contribution in [0, 0.1) is 0 Å². The predicted octanol–water partition coefficient (Wildman–Crippen LogP) is 2.96. The molecule has 5 nitrogen and oxygen atoms in total. The molecule has 21 heavy (non-hydrogen) atoms. The SMILES string of the molecule is CC(Nc1ncnc2cc(C(F)(F)F)ccc12)C(=O)O.Cl. The average molecular weight is 322 g/mol. The summed E-state index contributed by atoms with van der Waals surface area (Å²) >= 11 is 0. The van der Waals surface area contributed by atoms with Crippen LogP contribution in [0.2, 0.25) is 0 Å². The van der Waals surface area contributed by atoms with Crippen molar-refractivity contribution in [3.8, 4) is 0 Å². The molecule has 2 aromatic rings. The minimum absolute atomic E-state index is 0. The third-order valence-corrected chi connectivity index (χ3v) is 2.69. The van der Waals surface area contributed by atoms with E-state index in [1.807, 2.05) is 0 Å². The zero-order chi connectivity index (χ0) is 14.9. The van der Waals surface area contributed by atoms with Gasteiger partial charge in [0.25, 0.3) is 0 Å².